The lowest BCUT2D eigenvalue weighted by Crippen LogP contribution is -2.03. The summed E-state index contributed by atoms with van der Waals surface area (Å²) in [7, 11) is 0. The highest BCUT2D eigenvalue weighted by Crippen LogP contribution is 2.37. The van der Waals surface area contributed by atoms with E-state index >= 15 is 0 Å². The maximum absolute atomic E-state index is 12.5. The van der Waals surface area contributed by atoms with Gasteiger partial charge in [-0.25, -0.2) is 0 Å². The minimum atomic E-state index is -4.54. The summed E-state index contributed by atoms with van der Waals surface area (Å²) in [6.45, 7) is 0. The molecule has 1 aromatic carbocycles. The van der Waals surface area contributed by atoms with Gasteiger partial charge in [0, 0.05) is 17.3 Å². The quantitative estimate of drug-likeness (QED) is 0.733. The van der Waals surface area contributed by atoms with E-state index in [9.17, 15) is 13.2 Å². The zero-order chi connectivity index (χ0) is 15.0. The number of halogens is 3. The molecule has 5 nitrogen and oxygen atoms in total. The number of pyridine rings is 1. The van der Waals surface area contributed by atoms with E-state index in [-0.39, 0.29) is 10.9 Å². The minimum absolute atomic E-state index is 0.209. The molecule has 9 heteroatoms. The van der Waals surface area contributed by atoms with E-state index < -0.39 is 11.2 Å². The largest absolute Gasteiger partial charge is 0.445 e. The summed E-state index contributed by atoms with van der Waals surface area (Å²) in [6, 6.07) is 6.56. The molecule has 0 unspecified atom stereocenters. The summed E-state index contributed by atoms with van der Waals surface area (Å²) in [5.74, 6) is 0.268. The van der Waals surface area contributed by atoms with Crippen LogP contribution >= 0.6 is 11.3 Å². The number of rotatable bonds is 2. The first kappa shape index (κ1) is 13.6. The number of nitrogens with zero attached hydrogens (tertiary/aromatic N) is 3. The SMILES string of the molecule is Nc1ccc(Oc2nnc(C(F)(F)F)s2)c2ncccc12. The molecule has 0 aliphatic carbocycles. The van der Waals surface area contributed by atoms with Crippen molar-refractivity contribution in [1.29, 1.82) is 0 Å². The average molecular weight is 312 g/mol. The van der Waals surface area contributed by atoms with Gasteiger partial charge in [-0.15, -0.1) is 5.10 Å². The summed E-state index contributed by atoms with van der Waals surface area (Å²) < 4.78 is 42.8. The van der Waals surface area contributed by atoms with Crippen LogP contribution in [0, 0.1) is 0 Å². The number of ether oxygens (including phenoxy) is 1. The number of aromatic nitrogens is 3. The Balaban J connectivity index is 1.99. The van der Waals surface area contributed by atoms with E-state index in [1.165, 1.54) is 12.3 Å². The number of nitrogens with two attached hydrogens (primary N) is 1. The monoisotopic (exact) mass is 312 g/mol. The number of fused-ring (bicyclic) bond motifs is 1. The van der Waals surface area contributed by atoms with E-state index in [0.29, 0.717) is 27.9 Å². The van der Waals surface area contributed by atoms with Crippen LogP contribution in [-0.2, 0) is 6.18 Å². The number of hydrogen-bond donors (Lipinski definition) is 1. The number of hydrogen-bond acceptors (Lipinski definition) is 6. The van der Waals surface area contributed by atoms with Crippen LogP contribution in [-0.4, -0.2) is 15.2 Å². The maximum atomic E-state index is 12.5. The van der Waals surface area contributed by atoms with E-state index in [2.05, 4.69) is 15.2 Å². The molecule has 0 aliphatic heterocycles. The number of alkyl halides is 3. The van der Waals surface area contributed by atoms with Crippen LogP contribution in [0.5, 0.6) is 10.9 Å². The molecule has 0 spiro atoms. The smallest absolute Gasteiger partial charge is 0.427 e. The molecule has 0 atom stereocenters. The fourth-order valence-corrected chi connectivity index (χ4v) is 2.29. The topological polar surface area (TPSA) is 73.9 Å². The van der Waals surface area contributed by atoms with Crippen molar-refractivity contribution in [3.05, 3.63) is 35.5 Å². The molecular formula is C12H7F3N4OS. The van der Waals surface area contributed by atoms with E-state index in [1.807, 2.05) is 0 Å². The van der Waals surface area contributed by atoms with Crippen molar-refractivity contribution in [1.82, 2.24) is 15.2 Å². The maximum Gasteiger partial charge on any atom is 0.445 e. The Morgan fingerprint density at radius 1 is 1.14 bits per heavy atom. The predicted molar refractivity (Wildman–Crippen MR) is 71.1 cm³/mol. The Hall–Kier alpha value is -2.42. The van der Waals surface area contributed by atoms with Gasteiger partial charge in [-0.05, 0) is 24.3 Å². The zero-order valence-corrected chi connectivity index (χ0v) is 11.1. The van der Waals surface area contributed by atoms with Crippen LogP contribution in [0.2, 0.25) is 0 Å². The van der Waals surface area contributed by atoms with Crippen LogP contribution in [0.4, 0.5) is 18.9 Å². The lowest BCUT2D eigenvalue weighted by molar-refractivity contribution is -0.138. The molecule has 0 saturated carbocycles. The highest BCUT2D eigenvalue weighted by Gasteiger charge is 2.36. The number of anilines is 1. The first-order valence-corrected chi connectivity index (χ1v) is 6.48. The normalized spacial score (nSPS) is 11.8. The van der Waals surface area contributed by atoms with Gasteiger partial charge < -0.3 is 10.5 Å². The molecule has 0 bridgehead atoms. The lowest BCUT2D eigenvalue weighted by Gasteiger charge is -2.06. The van der Waals surface area contributed by atoms with Crippen molar-refractivity contribution >= 4 is 27.9 Å². The van der Waals surface area contributed by atoms with Gasteiger partial charge in [0.1, 0.15) is 5.52 Å². The van der Waals surface area contributed by atoms with Crippen LogP contribution in [0.15, 0.2) is 30.5 Å². The second kappa shape index (κ2) is 4.85. The molecule has 0 fully saturated rings. The minimum Gasteiger partial charge on any atom is -0.427 e. The van der Waals surface area contributed by atoms with E-state index in [0.717, 1.165) is 0 Å². The highest BCUT2D eigenvalue weighted by molar-refractivity contribution is 7.13. The Kier molecular flexibility index (Phi) is 3.13. The second-order valence-corrected chi connectivity index (χ2v) is 4.97. The summed E-state index contributed by atoms with van der Waals surface area (Å²) >= 11 is 0.319. The molecule has 0 amide bonds. The van der Waals surface area contributed by atoms with Crippen LogP contribution in [0.25, 0.3) is 10.9 Å². The van der Waals surface area contributed by atoms with Gasteiger partial charge in [0.2, 0.25) is 5.01 Å². The summed E-state index contributed by atoms with van der Waals surface area (Å²) in [5.41, 5.74) is 6.75. The standard InChI is InChI=1S/C12H7F3N4OS/c13-12(14,15)10-18-19-11(21-10)20-8-4-3-7(16)6-2-1-5-17-9(6)8/h1-5H,16H2. The Morgan fingerprint density at radius 3 is 2.67 bits per heavy atom. The first-order chi connectivity index (χ1) is 9.95. The van der Waals surface area contributed by atoms with Crippen molar-refractivity contribution in [3.8, 4) is 10.9 Å². The third-order valence-electron chi connectivity index (χ3n) is 2.61. The molecule has 0 radical (unpaired) electrons. The van der Waals surface area contributed by atoms with Gasteiger partial charge >= 0.3 is 6.18 Å². The van der Waals surface area contributed by atoms with Gasteiger partial charge in [0.15, 0.2) is 5.75 Å². The fraction of sp³-hybridized carbons (Fsp3) is 0.0833. The van der Waals surface area contributed by atoms with Gasteiger partial charge in [-0.1, -0.05) is 16.4 Å². The van der Waals surface area contributed by atoms with Crippen molar-refractivity contribution in [3.63, 3.8) is 0 Å². The molecule has 21 heavy (non-hydrogen) atoms. The van der Waals surface area contributed by atoms with Crippen molar-refractivity contribution in [2.24, 2.45) is 0 Å². The molecule has 2 N–H and O–H groups in total. The van der Waals surface area contributed by atoms with E-state index in [4.69, 9.17) is 10.5 Å². The molecule has 2 aromatic heterocycles. The summed E-state index contributed by atoms with van der Waals surface area (Å²) in [5, 5.41) is 5.80. The molecule has 2 heterocycles. The predicted octanol–water partition coefficient (Wildman–Crippen LogP) is 3.48. The van der Waals surface area contributed by atoms with E-state index in [1.54, 1.807) is 18.2 Å². The summed E-state index contributed by atoms with van der Waals surface area (Å²) in [6.07, 6.45) is -3.00. The van der Waals surface area contributed by atoms with Crippen molar-refractivity contribution in [2.45, 2.75) is 6.18 Å². The van der Waals surface area contributed by atoms with Gasteiger partial charge in [0.05, 0.1) is 0 Å². The molecule has 3 aromatic rings. The Labute approximate surface area is 120 Å². The molecular weight excluding hydrogens is 305 g/mol. The molecule has 108 valence electrons. The van der Waals surface area contributed by atoms with Gasteiger partial charge in [0.25, 0.3) is 5.19 Å². The average Bonchev–Trinajstić information content (AvgIpc) is 2.91. The summed E-state index contributed by atoms with van der Waals surface area (Å²) in [4.78, 5) is 4.12. The van der Waals surface area contributed by atoms with Crippen molar-refractivity contribution < 1.29 is 17.9 Å². The second-order valence-electron chi connectivity index (χ2n) is 4.03. The molecule has 3 rings (SSSR count). The Bertz CT molecular complexity index is 803. The van der Waals surface area contributed by atoms with Gasteiger partial charge in [-0.2, -0.15) is 13.2 Å². The van der Waals surface area contributed by atoms with Gasteiger partial charge in [-0.3, -0.25) is 4.98 Å². The highest BCUT2D eigenvalue weighted by atomic mass is 32.1. The molecule has 0 aliphatic rings. The van der Waals surface area contributed by atoms with Crippen LogP contribution < -0.4 is 10.5 Å². The Morgan fingerprint density at radius 2 is 1.95 bits per heavy atom. The number of nitrogen functional groups attached to an aromatic ring is 1. The molecule has 0 saturated heterocycles. The third-order valence-corrected chi connectivity index (χ3v) is 3.46. The van der Waals surface area contributed by atoms with Crippen LogP contribution in [0.1, 0.15) is 5.01 Å². The third kappa shape index (κ3) is 2.59. The first-order valence-electron chi connectivity index (χ1n) is 5.67. The zero-order valence-electron chi connectivity index (χ0n) is 10.3. The fourth-order valence-electron chi connectivity index (χ4n) is 1.71. The van der Waals surface area contributed by atoms with Crippen molar-refractivity contribution in [2.75, 3.05) is 5.73 Å². The van der Waals surface area contributed by atoms with Crippen LogP contribution in [0.3, 0.4) is 0 Å². The lowest BCUT2D eigenvalue weighted by atomic mass is 10.2. The number of benzene rings is 1.